The zero-order chi connectivity index (χ0) is 11.0. The maximum Gasteiger partial charge on any atom is 0.316 e. The number of urea groups is 1. The number of rotatable bonds is 6. The number of aliphatic hydroxyl groups excluding tert-OH is 1. The van der Waals surface area contributed by atoms with E-state index in [1.165, 1.54) is 4.90 Å². The van der Waals surface area contributed by atoms with Gasteiger partial charge >= 0.3 is 6.03 Å². The molecule has 0 aromatic carbocycles. The van der Waals surface area contributed by atoms with Crippen molar-refractivity contribution < 1.29 is 9.90 Å². The zero-order valence-corrected chi connectivity index (χ0v) is 9.42. The van der Waals surface area contributed by atoms with E-state index < -0.39 is 6.10 Å². The number of hydrogen-bond donors (Lipinski definition) is 2. The van der Waals surface area contributed by atoms with Gasteiger partial charge in [0.2, 0.25) is 0 Å². The molecule has 0 heterocycles. The first kappa shape index (κ1) is 13.2. The second kappa shape index (κ2) is 7.62. The van der Waals surface area contributed by atoms with Crippen LogP contribution in [0, 0.1) is 0 Å². The van der Waals surface area contributed by atoms with E-state index in [1.807, 2.05) is 0 Å². The van der Waals surface area contributed by atoms with Crippen LogP contribution in [-0.4, -0.2) is 42.8 Å². The monoisotopic (exact) mass is 202 g/mol. The second-order valence-electron chi connectivity index (χ2n) is 3.59. The smallest absolute Gasteiger partial charge is 0.316 e. The molecule has 0 aromatic rings. The lowest BCUT2D eigenvalue weighted by molar-refractivity contribution is 0.121. The average molecular weight is 202 g/mol. The summed E-state index contributed by atoms with van der Waals surface area (Å²) in [5, 5.41) is 12.1. The van der Waals surface area contributed by atoms with Crippen LogP contribution in [-0.2, 0) is 0 Å². The van der Waals surface area contributed by atoms with E-state index in [9.17, 15) is 9.90 Å². The van der Waals surface area contributed by atoms with E-state index in [0.29, 0.717) is 6.54 Å². The van der Waals surface area contributed by atoms with Gasteiger partial charge in [-0.15, -0.1) is 0 Å². The molecule has 1 unspecified atom stereocenters. The molecule has 0 aromatic heterocycles. The predicted octanol–water partition coefficient (Wildman–Crippen LogP) is 1.20. The van der Waals surface area contributed by atoms with Gasteiger partial charge in [-0.05, 0) is 6.42 Å². The van der Waals surface area contributed by atoms with Gasteiger partial charge in [-0.1, -0.05) is 26.2 Å². The molecule has 0 saturated carbocycles. The lowest BCUT2D eigenvalue weighted by Crippen LogP contribution is -2.39. The molecule has 2 N–H and O–H groups in total. The summed E-state index contributed by atoms with van der Waals surface area (Å²) in [5.74, 6) is 0. The largest absolute Gasteiger partial charge is 0.391 e. The van der Waals surface area contributed by atoms with Crippen LogP contribution in [0.15, 0.2) is 0 Å². The van der Waals surface area contributed by atoms with E-state index in [1.54, 1.807) is 14.1 Å². The molecule has 84 valence electrons. The summed E-state index contributed by atoms with van der Waals surface area (Å²) in [6, 6.07) is -0.153. The van der Waals surface area contributed by atoms with Gasteiger partial charge in [0.25, 0.3) is 0 Å². The Kier molecular flexibility index (Phi) is 7.20. The third-order valence-electron chi connectivity index (χ3n) is 2.19. The van der Waals surface area contributed by atoms with Gasteiger partial charge in [0.15, 0.2) is 0 Å². The Morgan fingerprint density at radius 1 is 1.50 bits per heavy atom. The number of aliphatic hydroxyl groups is 1. The second-order valence-corrected chi connectivity index (χ2v) is 3.59. The number of nitrogens with one attached hydrogen (secondary N) is 1. The SMILES string of the molecule is CCCCCC(O)CN(C)C(=O)NC. The van der Waals surface area contributed by atoms with Gasteiger partial charge in [-0.2, -0.15) is 0 Å². The first-order valence-corrected chi connectivity index (χ1v) is 5.22. The van der Waals surface area contributed by atoms with Crippen LogP contribution in [0.25, 0.3) is 0 Å². The number of nitrogens with zero attached hydrogens (tertiary/aromatic N) is 1. The summed E-state index contributed by atoms with van der Waals surface area (Å²) in [6.45, 7) is 2.53. The Bertz CT molecular complexity index is 162. The normalized spacial score (nSPS) is 12.3. The highest BCUT2D eigenvalue weighted by Crippen LogP contribution is 2.04. The summed E-state index contributed by atoms with van der Waals surface area (Å²) in [5.41, 5.74) is 0. The van der Waals surface area contributed by atoms with Crippen LogP contribution in [0.5, 0.6) is 0 Å². The highest BCUT2D eigenvalue weighted by atomic mass is 16.3. The Balaban J connectivity index is 3.59. The molecular weight excluding hydrogens is 180 g/mol. The molecule has 0 aliphatic carbocycles. The minimum atomic E-state index is -0.399. The Morgan fingerprint density at radius 3 is 2.64 bits per heavy atom. The minimum Gasteiger partial charge on any atom is -0.391 e. The third-order valence-corrected chi connectivity index (χ3v) is 2.19. The lowest BCUT2D eigenvalue weighted by Gasteiger charge is -2.20. The molecule has 0 spiro atoms. The van der Waals surface area contributed by atoms with Gasteiger partial charge < -0.3 is 15.3 Å². The minimum absolute atomic E-state index is 0.153. The highest BCUT2D eigenvalue weighted by Gasteiger charge is 2.11. The van der Waals surface area contributed by atoms with Gasteiger partial charge in [0.1, 0.15) is 0 Å². The van der Waals surface area contributed by atoms with Crippen molar-refractivity contribution in [1.29, 1.82) is 0 Å². The highest BCUT2D eigenvalue weighted by molar-refractivity contribution is 5.73. The number of amides is 2. The maximum atomic E-state index is 11.1. The molecule has 0 rings (SSSR count). The first-order chi connectivity index (χ1) is 6.61. The van der Waals surface area contributed by atoms with Crippen LogP contribution < -0.4 is 5.32 Å². The molecule has 1 atom stereocenters. The maximum absolute atomic E-state index is 11.1. The number of carbonyl (C=O) groups is 1. The van der Waals surface area contributed by atoms with E-state index in [-0.39, 0.29) is 6.03 Å². The molecule has 0 aliphatic rings. The van der Waals surface area contributed by atoms with Crippen LogP contribution in [0.2, 0.25) is 0 Å². The fourth-order valence-electron chi connectivity index (χ4n) is 1.31. The van der Waals surface area contributed by atoms with E-state index in [0.717, 1.165) is 25.7 Å². The predicted molar refractivity (Wildman–Crippen MR) is 57.2 cm³/mol. The van der Waals surface area contributed by atoms with Crippen molar-refractivity contribution in [2.45, 2.75) is 38.7 Å². The zero-order valence-electron chi connectivity index (χ0n) is 9.42. The van der Waals surface area contributed by atoms with Crippen molar-refractivity contribution in [3.8, 4) is 0 Å². The summed E-state index contributed by atoms with van der Waals surface area (Å²) in [4.78, 5) is 12.6. The van der Waals surface area contributed by atoms with Gasteiger partial charge in [-0.25, -0.2) is 4.79 Å². The van der Waals surface area contributed by atoms with Crippen LogP contribution >= 0.6 is 0 Å². The summed E-state index contributed by atoms with van der Waals surface area (Å²) in [7, 11) is 3.27. The molecule has 0 bridgehead atoms. The fraction of sp³-hybridized carbons (Fsp3) is 0.900. The molecule has 4 nitrogen and oxygen atoms in total. The molecule has 0 fully saturated rings. The fourth-order valence-corrected chi connectivity index (χ4v) is 1.31. The Hall–Kier alpha value is -0.770. The van der Waals surface area contributed by atoms with Crippen molar-refractivity contribution in [2.75, 3.05) is 20.6 Å². The molecule has 0 aliphatic heterocycles. The van der Waals surface area contributed by atoms with E-state index >= 15 is 0 Å². The van der Waals surface area contributed by atoms with Crippen molar-refractivity contribution in [3.05, 3.63) is 0 Å². The molecular formula is C10H22N2O2. The average Bonchev–Trinajstić information content (AvgIpc) is 2.16. The van der Waals surface area contributed by atoms with Crippen molar-refractivity contribution >= 4 is 6.03 Å². The Labute approximate surface area is 86.3 Å². The van der Waals surface area contributed by atoms with Gasteiger partial charge in [-0.3, -0.25) is 0 Å². The Morgan fingerprint density at radius 2 is 2.14 bits per heavy atom. The standard InChI is InChI=1S/C10H22N2O2/c1-4-5-6-7-9(13)8-12(3)10(14)11-2/h9,13H,4-8H2,1-3H3,(H,11,14). The number of carbonyl (C=O) groups excluding carboxylic acids is 1. The molecule has 4 heteroatoms. The molecule has 2 amide bonds. The lowest BCUT2D eigenvalue weighted by atomic mass is 10.1. The number of hydrogen-bond acceptors (Lipinski definition) is 2. The van der Waals surface area contributed by atoms with E-state index in [2.05, 4.69) is 12.2 Å². The number of likely N-dealkylation sites (N-methyl/N-ethyl adjacent to an activating group) is 1. The van der Waals surface area contributed by atoms with E-state index in [4.69, 9.17) is 0 Å². The summed E-state index contributed by atoms with van der Waals surface area (Å²) in [6.07, 6.45) is 3.69. The quantitative estimate of drug-likeness (QED) is 0.636. The summed E-state index contributed by atoms with van der Waals surface area (Å²) < 4.78 is 0. The first-order valence-electron chi connectivity index (χ1n) is 5.22. The van der Waals surface area contributed by atoms with Crippen molar-refractivity contribution in [1.82, 2.24) is 10.2 Å². The van der Waals surface area contributed by atoms with Crippen molar-refractivity contribution in [2.24, 2.45) is 0 Å². The van der Waals surface area contributed by atoms with Crippen LogP contribution in [0.4, 0.5) is 4.79 Å². The van der Waals surface area contributed by atoms with Crippen LogP contribution in [0.3, 0.4) is 0 Å². The van der Waals surface area contributed by atoms with Crippen molar-refractivity contribution in [3.63, 3.8) is 0 Å². The van der Waals surface area contributed by atoms with Gasteiger partial charge in [0, 0.05) is 20.6 Å². The number of unbranched alkanes of at least 4 members (excludes halogenated alkanes) is 2. The summed E-state index contributed by atoms with van der Waals surface area (Å²) >= 11 is 0. The molecule has 14 heavy (non-hydrogen) atoms. The van der Waals surface area contributed by atoms with Crippen LogP contribution in [0.1, 0.15) is 32.6 Å². The topological polar surface area (TPSA) is 52.6 Å². The third kappa shape index (κ3) is 5.80. The molecule has 0 saturated heterocycles. The molecule has 0 radical (unpaired) electrons. The van der Waals surface area contributed by atoms with Gasteiger partial charge in [0.05, 0.1) is 6.10 Å².